The van der Waals surface area contributed by atoms with Gasteiger partial charge in [0.15, 0.2) is 5.96 Å². The monoisotopic (exact) mass is 321 g/mol. The molecule has 0 spiro atoms. The molecule has 1 heterocycles. The van der Waals surface area contributed by atoms with Gasteiger partial charge >= 0.3 is 0 Å². The van der Waals surface area contributed by atoms with Gasteiger partial charge in [0.25, 0.3) is 0 Å². The van der Waals surface area contributed by atoms with Crippen LogP contribution in [0.15, 0.2) is 29.3 Å². The summed E-state index contributed by atoms with van der Waals surface area (Å²) < 4.78 is 5.17. The van der Waals surface area contributed by atoms with Gasteiger partial charge in [0.1, 0.15) is 5.75 Å². The molecule has 1 aliphatic heterocycles. The molecule has 1 unspecified atom stereocenters. The Morgan fingerprint density at radius 3 is 2.77 bits per heavy atom. The molecule has 22 heavy (non-hydrogen) atoms. The Bertz CT molecular complexity index is 455. The largest absolute Gasteiger partial charge is 0.497 e. The maximum atomic E-state index is 5.17. The Kier molecular flexibility index (Phi) is 7.43. The van der Waals surface area contributed by atoms with Crippen LogP contribution in [0.5, 0.6) is 5.75 Å². The lowest BCUT2D eigenvalue weighted by Crippen LogP contribution is -2.40. The summed E-state index contributed by atoms with van der Waals surface area (Å²) in [4.78, 5) is 4.28. The van der Waals surface area contributed by atoms with Crippen LogP contribution in [0, 0.1) is 0 Å². The van der Waals surface area contributed by atoms with Crippen molar-refractivity contribution in [1.82, 2.24) is 10.6 Å². The first-order chi connectivity index (χ1) is 10.8. The van der Waals surface area contributed by atoms with Gasteiger partial charge < -0.3 is 15.4 Å². The minimum Gasteiger partial charge on any atom is -0.497 e. The average Bonchev–Trinajstić information content (AvgIpc) is 3.08. The molecule has 2 rings (SSSR count). The average molecular weight is 321 g/mol. The van der Waals surface area contributed by atoms with Crippen LogP contribution >= 0.6 is 11.8 Å². The number of thioether (sulfide) groups is 1. The van der Waals surface area contributed by atoms with Gasteiger partial charge in [-0.25, -0.2) is 0 Å². The maximum absolute atomic E-state index is 5.17. The first kappa shape index (κ1) is 17.0. The van der Waals surface area contributed by atoms with Crippen molar-refractivity contribution in [3.05, 3.63) is 29.8 Å². The molecule has 2 N–H and O–H groups in total. The molecule has 0 aromatic heterocycles. The van der Waals surface area contributed by atoms with E-state index in [0.717, 1.165) is 42.9 Å². The summed E-state index contributed by atoms with van der Waals surface area (Å²) in [5.74, 6) is 3.14. The number of guanidine groups is 1. The third kappa shape index (κ3) is 5.79. The van der Waals surface area contributed by atoms with Crippen LogP contribution in [0.3, 0.4) is 0 Å². The zero-order chi connectivity index (χ0) is 15.6. The quantitative estimate of drug-likeness (QED) is 0.460. The van der Waals surface area contributed by atoms with Crippen LogP contribution < -0.4 is 15.4 Å². The van der Waals surface area contributed by atoms with E-state index in [2.05, 4.69) is 39.5 Å². The van der Waals surface area contributed by atoms with Crippen molar-refractivity contribution >= 4 is 17.7 Å². The minimum absolute atomic E-state index is 0.748. The van der Waals surface area contributed by atoms with E-state index in [9.17, 15) is 0 Å². The number of aryl methyl sites for hydroxylation is 1. The number of aliphatic imine (C=N–C) groups is 1. The Balaban J connectivity index is 1.61. The first-order valence-electron chi connectivity index (χ1n) is 8.01. The number of hydrogen-bond acceptors (Lipinski definition) is 3. The van der Waals surface area contributed by atoms with Crippen LogP contribution in [0.1, 0.15) is 24.8 Å². The van der Waals surface area contributed by atoms with Crippen LogP contribution in [0.4, 0.5) is 0 Å². The molecule has 4 nitrogen and oxygen atoms in total. The summed E-state index contributed by atoms with van der Waals surface area (Å²) in [6, 6.07) is 8.29. The van der Waals surface area contributed by atoms with E-state index in [4.69, 9.17) is 4.74 Å². The summed E-state index contributed by atoms with van der Waals surface area (Å²) >= 11 is 2.07. The van der Waals surface area contributed by atoms with E-state index in [1.54, 1.807) is 7.11 Å². The lowest BCUT2D eigenvalue weighted by molar-refractivity contribution is 0.414. The van der Waals surface area contributed by atoms with Gasteiger partial charge in [-0.2, -0.15) is 11.8 Å². The minimum atomic E-state index is 0.748. The van der Waals surface area contributed by atoms with Crippen LogP contribution in [-0.4, -0.2) is 44.2 Å². The van der Waals surface area contributed by atoms with E-state index in [1.165, 1.54) is 24.2 Å². The van der Waals surface area contributed by atoms with Gasteiger partial charge in [-0.3, -0.25) is 4.99 Å². The molecule has 0 saturated carbocycles. The molecule has 0 amide bonds. The van der Waals surface area contributed by atoms with Gasteiger partial charge in [-0.15, -0.1) is 0 Å². The summed E-state index contributed by atoms with van der Waals surface area (Å²) in [5.41, 5.74) is 1.34. The summed E-state index contributed by atoms with van der Waals surface area (Å²) in [7, 11) is 3.53. The lowest BCUT2D eigenvalue weighted by Gasteiger charge is -2.14. The highest BCUT2D eigenvalue weighted by atomic mass is 32.2. The first-order valence-corrected chi connectivity index (χ1v) is 9.05. The molecular weight excluding hydrogens is 294 g/mol. The fourth-order valence-corrected chi connectivity index (χ4v) is 3.73. The number of rotatable bonds is 7. The second kappa shape index (κ2) is 9.62. The fourth-order valence-electron chi connectivity index (χ4n) is 2.53. The van der Waals surface area contributed by atoms with Crippen LogP contribution in [-0.2, 0) is 6.42 Å². The Labute approximate surface area is 138 Å². The van der Waals surface area contributed by atoms with Gasteiger partial charge in [-0.05, 0) is 49.1 Å². The molecule has 5 heteroatoms. The number of nitrogens with zero attached hydrogens (tertiary/aromatic N) is 1. The highest BCUT2D eigenvalue weighted by Crippen LogP contribution is 2.25. The van der Waals surface area contributed by atoms with Crippen molar-refractivity contribution in [1.29, 1.82) is 0 Å². The standard InChI is InChI=1S/C17H27N3OS/c1-18-17(20-13-16-6-4-12-22-16)19-11-3-5-14-7-9-15(21-2)10-8-14/h7-10,16H,3-6,11-13H2,1-2H3,(H2,18,19,20). The van der Waals surface area contributed by atoms with Crippen LogP contribution in [0.25, 0.3) is 0 Å². The highest BCUT2D eigenvalue weighted by molar-refractivity contribution is 8.00. The zero-order valence-electron chi connectivity index (χ0n) is 13.6. The number of hydrogen-bond donors (Lipinski definition) is 2. The van der Waals surface area contributed by atoms with Crippen molar-refractivity contribution in [3.63, 3.8) is 0 Å². The molecule has 0 bridgehead atoms. The third-order valence-electron chi connectivity index (χ3n) is 3.84. The maximum Gasteiger partial charge on any atom is 0.191 e. The van der Waals surface area contributed by atoms with Gasteiger partial charge in [0, 0.05) is 25.4 Å². The molecule has 1 fully saturated rings. The second-order valence-corrected chi connectivity index (χ2v) is 6.87. The van der Waals surface area contributed by atoms with Crippen molar-refractivity contribution in [2.24, 2.45) is 4.99 Å². The van der Waals surface area contributed by atoms with Crippen LogP contribution in [0.2, 0.25) is 0 Å². The molecule has 1 aliphatic rings. The second-order valence-electron chi connectivity index (χ2n) is 5.47. The Morgan fingerprint density at radius 2 is 2.14 bits per heavy atom. The summed E-state index contributed by atoms with van der Waals surface area (Å²) in [5, 5.41) is 7.57. The van der Waals surface area contributed by atoms with Crippen molar-refractivity contribution in [3.8, 4) is 5.75 Å². The molecule has 1 aromatic rings. The van der Waals surface area contributed by atoms with Crippen molar-refractivity contribution < 1.29 is 4.74 Å². The molecule has 1 saturated heterocycles. The zero-order valence-corrected chi connectivity index (χ0v) is 14.4. The predicted octanol–water partition coefficient (Wildman–Crippen LogP) is 2.69. The SMILES string of the molecule is CN=C(NCCCc1ccc(OC)cc1)NCC1CCCS1. The molecule has 1 atom stereocenters. The smallest absolute Gasteiger partial charge is 0.191 e. The Hall–Kier alpha value is -1.36. The predicted molar refractivity (Wildman–Crippen MR) is 96.2 cm³/mol. The number of benzene rings is 1. The Morgan fingerprint density at radius 1 is 1.32 bits per heavy atom. The van der Waals surface area contributed by atoms with E-state index in [-0.39, 0.29) is 0 Å². The lowest BCUT2D eigenvalue weighted by atomic mass is 10.1. The summed E-state index contributed by atoms with van der Waals surface area (Å²) in [6.07, 6.45) is 4.83. The van der Waals surface area contributed by atoms with Crippen molar-refractivity contribution in [2.45, 2.75) is 30.9 Å². The number of nitrogens with one attached hydrogen (secondary N) is 2. The fraction of sp³-hybridized carbons (Fsp3) is 0.588. The van der Waals surface area contributed by atoms with E-state index in [0.29, 0.717) is 0 Å². The van der Waals surface area contributed by atoms with Gasteiger partial charge in [0.2, 0.25) is 0 Å². The van der Waals surface area contributed by atoms with E-state index in [1.807, 2.05) is 19.2 Å². The van der Waals surface area contributed by atoms with E-state index >= 15 is 0 Å². The normalized spacial score (nSPS) is 18.3. The van der Waals surface area contributed by atoms with Gasteiger partial charge in [0.05, 0.1) is 7.11 Å². The molecular formula is C17H27N3OS. The molecule has 0 radical (unpaired) electrons. The summed E-state index contributed by atoms with van der Waals surface area (Å²) in [6.45, 7) is 1.95. The van der Waals surface area contributed by atoms with Crippen molar-refractivity contribution in [2.75, 3.05) is 33.0 Å². The third-order valence-corrected chi connectivity index (χ3v) is 5.24. The number of ether oxygens (including phenoxy) is 1. The molecule has 1 aromatic carbocycles. The highest BCUT2D eigenvalue weighted by Gasteiger charge is 2.15. The van der Waals surface area contributed by atoms with E-state index < -0.39 is 0 Å². The molecule has 0 aliphatic carbocycles. The van der Waals surface area contributed by atoms with Gasteiger partial charge in [-0.1, -0.05) is 12.1 Å². The number of methoxy groups -OCH3 is 1. The molecule has 122 valence electrons. The topological polar surface area (TPSA) is 45.7 Å².